The molecular formula is C16H26N2O2S. The molecule has 0 spiro atoms. The minimum atomic E-state index is -0.896. The first-order valence-corrected chi connectivity index (χ1v) is 8.40. The number of hydrogen-bond acceptors (Lipinski definition) is 3. The highest BCUT2D eigenvalue weighted by molar-refractivity contribution is 7.98. The number of nitrogens with one attached hydrogen (secondary N) is 2. The Kier molecular flexibility index (Phi) is 6.10. The van der Waals surface area contributed by atoms with Gasteiger partial charge in [0.25, 0.3) is 0 Å². The summed E-state index contributed by atoms with van der Waals surface area (Å²) >= 11 is 1.55. The zero-order chi connectivity index (χ0) is 16.1. The summed E-state index contributed by atoms with van der Waals surface area (Å²) in [5.41, 5.74) is 1.16. The molecule has 21 heavy (non-hydrogen) atoms. The van der Waals surface area contributed by atoms with Gasteiger partial charge in [-0.3, -0.25) is 0 Å². The first kappa shape index (κ1) is 17.9. The van der Waals surface area contributed by atoms with E-state index in [1.807, 2.05) is 30.5 Å². The van der Waals surface area contributed by atoms with Crippen molar-refractivity contribution in [2.24, 2.45) is 0 Å². The first-order chi connectivity index (χ1) is 9.64. The SMILES string of the molecule is CSCC(C)(O)CNC(=O)Nc1ccc(C(C)(C)C)cc1. The zero-order valence-electron chi connectivity index (χ0n) is 13.5. The molecule has 0 radical (unpaired) electrons. The van der Waals surface area contributed by atoms with Crippen LogP contribution < -0.4 is 10.6 Å². The van der Waals surface area contributed by atoms with Gasteiger partial charge >= 0.3 is 6.03 Å². The van der Waals surface area contributed by atoms with Crippen molar-refractivity contribution < 1.29 is 9.90 Å². The van der Waals surface area contributed by atoms with Crippen LogP contribution in [0.4, 0.5) is 10.5 Å². The quantitative estimate of drug-likeness (QED) is 0.782. The number of urea groups is 1. The Morgan fingerprint density at radius 1 is 1.19 bits per heavy atom. The maximum absolute atomic E-state index is 11.8. The van der Waals surface area contributed by atoms with Crippen LogP contribution >= 0.6 is 11.8 Å². The lowest BCUT2D eigenvalue weighted by Gasteiger charge is -2.22. The van der Waals surface area contributed by atoms with E-state index >= 15 is 0 Å². The van der Waals surface area contributed by atoms with Crippen molar-refractivity contribution in [3.05, 3.63) is 29.8 Å². The fraction of sp³-hybridized carbons (Fsp3) is 0.562. The Morgan fingerprint density at radius 3 is 2.24 bits per heavy atom. The van der Waals surface area contributed by atoms with Crippen LogP contribution in [0.2, 0.25) is 0 Å². The molecule has 0 bridgehead atoms. The monoisotopic (exact) mass is 310 g/mol. The minimum absolute atomic E-state index is 0.0946. The lowest BCUT2D eigenvalue weighted by Crippen LogP contribution is -2.43. The molecule has 5 heteroatoms. The van der Waals surface area contributed by atoms with Crippen LogP contribution in [0.15, 0.2) is 24.3 Å². The zero-order valence-corrected chi connectivity index (χ0v) is 14.3. The fourth-order valence-electron chi connectivity index (χ4n) is 1.86. The molecule has 1 unspecified atom stereocenters. The van der Waals surface area contributed by atoms with E-state index in [1.165, 1.54) is 5.56 Å². The highest BCUT2D eigenvalue weighted by Crippen LogP contribution is 2.23. The van der Waals surface area contributed by atoms with Crippen LogP contribution in [0.5, 0.6) is 0 Å². The Labute approximate surface area is 131 Å². The first-order valence-electron chi connectivity index (χ1n) is 7.01. The third-order valence-electron chi connectivity index (χ3n) is 3.09. The van der Waals surface area contributed by atoms with E-state index in [1.54, 1.807) is 18.7 Å². The smallest absolute Gasteiger partial charge is 0.319 e. The normalized spacial score (nSPS) is 14.4. The summed E-state index contributed by atoms with van der Waals surface area (Å²) in [6, 6.07) is 7.50. The van der Waals surface area contributed by atoms with Gasteiger partial charge in [-0.25, -0.2) is 4.79 Å². The van der Waals surface area contributed by atoms with Crippen molar-refractivity contribution in [1.29, 1.82) is 0 Å². The average molecular weight is 310 g/mol. The van der Waals surface area contributed by atoms with Gasteiger partial charge < -0.3 is 15.7 Å². The van der Waals surface area contributed by atoms with E-state index in [-0.39, 0.29) is 18.0 Å². The number of benzene rings is 1. The highest BCUT2D eigenvalue weighted by atomic mass is 32.2. The van der Waals surface area contributed by atoms with Gasteiger partial charge in [0.05, 0.1) is 5.60 Å². The van der Waals surface area contributed by atoms with Gasteiger partial charge in [-0.05, 0) is 36.3 Å². The van der Waals surface area contributed by atoms with Gasteiger partial charge in [0, 0.05) is 18.0 Å². The molecule has 0 fully saturated rings. The van der Waals surface area contributed by atoms with Crippen LogP contribution in [0.1, 0.15) is 33.3 Å². The topological polar surface area (TPSA) is 61.4 Å². The number of thioether (sulfide) groups is 1. The van der Waals surface area contributed by atoms with Gasteiger partial charge in [0.15, 0.2) is 0 Å². The molecule has 0 aliphatic carbocycles. The standard InChI is InChI=1S/C16H26N2O2S/c1-15(2,3)12-6-8-13(9-7-12)18-14(19)17-10-16(4,20)11-21-5/h6-9,20H,10-11H2,1-5H3,(H2,17,18,19). The van der Waals surface area contributed by atoms with Gasteiger partial charge in [-0.1, -0.05) is 32.9 Å². The van der Waals surface area contributed by atoms with Crippen LogP contribution in [0.25, 0.3) is 0 Å². The highest BCUT2D eigenvalue weighted by Gasteiger charge is 2.20. The summed E-state index contributed by atoms with van der Waals surface area (Å²) in [6.45, 7) is 8.38. The molecule has 2 amide bonds. The van der Waals surface area contributed by atoms with Gasteiger partial charge in [-0.2, -0.15) is 11.8 Å². The number of carbonyl (C=O) groups excluding carboxylic acids is 1. The summed E-state index contributed by atoms with van der Waals surface area (Å²) in [4.78, 5) is 11.8. The summed E-state index contributed by atoms with van der Waals surface area (Å²) in [5.74, 6) is 0.577. The van der Waals surface area contributed by atoms with Crippen LogP contribution in [0, 0.1) is 0 Å². The van der Waals surface area contributed by atoms with E-state index in [4.69, 9.17) is 0 Å². The largest absolute Gasteiger partial charge is 0.387 e. The lowest BCUT2D eigenvalue weighted by molar-refractivity contribution is 0.0876. The molecule has 0 saturated carbocycles. The van der Waals surface area contributed by atoms with E-state index in [2.05, 4.69) is 31.4 Å². The number of anilines is 1. The molecule has 3 N–H and O–H groups in total. The van der Waals surface area contributed by atoms with Crippen molar-refractivity contribution in [1.82, 2.24) is 5.32 Å². The van der Waals surface area contributed by atoms with E-state index < -0.39 is 5.60 Å². The van der Waals surface area contributed by atoms with Crippen molar-refractivity contribution in [3.8, 4) is 0 Å². The Hall–Kier alpha value is -1.20. The molecule has 0 aliphatic rings. The second-order valence-electron chi connectivity index (χ2n) is 6.56. The molecule has 0 saturated heterocycles. The predicted octanol–water partition coefficient (Wildman–Crippen LogP) is 3.22. The number of rotatable bonds is 5. The van der Waals surface area contributed by atoms with E-state index in [9.17, 15) is 9.90 Å². The fourth-order valence-corrected chi connectivity index (χ4v) is 2.59. The number of hydrogen-bond donors (Lipinski definition) is 3. The van der Waals surface area contributed by atoms with Gasteiger partial charge in [0.2, 0.25) is 0 Å². The molecule has 0 aliphatic heterocycles. The van der Waals surface area contributed by atoms with Crippen molar-refractivity contribution in [3.63, 3.8) is 0 Å². The molecule has 1 aromatic rings. The Morgan fingerprint density at radius 2 is 1.76 bits per heavy atom. The molecule has 0 aromatic heterocycles. The molecule has 118 valence electrons. The molecule has 1 aromatic carbocycles. The van der Waals surface area contributed by atoms with Crippen molar-refractivity contribution in [2.45, 2.75) is 38.7 Å². The molecule has 0 heterocycles. The van der Waals surface area contributed by atoms with Gasteiger partial charge in [-0.15, -0.1) is 0 Å². The Bertz CT molecular complexity index is 464. The third kappa shape index (κ3) is 6.40. The minimum Gasteiger partial charge on any atom is -0.387 e. The molecule has 1 rings (SSSR count). The lowest BCUT2D eigenvalue weighted by atomic mass is 9.87. The second-order valence-corrected chi connectivity index (χ2v) is 7.43. The van der Waals surface area contributed by atoms with Crippen molar-refractivity contribution >= 4 is 23.5 Å². The van der Waals surface area contributed by atoms with Crippen LogP contribution in [-0.4, -0.2) is 35.3 Å². The summed E-state index contributed by atoms with van der Waals surface area (Å²) in [6.07, 6.45) is 1.92. The second kappa shape index (κ2) is 7.18. The number of aliphatic hydroxyl groups is 1. The van der Waals surface area contributed by atoms with Crippen LogP contribution in [-0.2, 0) is 5.41 Å². The van der Waals surface area contributed by atoms with E-state index in [0.717, 1.165) is 5.69 Å². The summed E-state index contributed by atoms with van der Waals surface area (Å²) in [5, 5.41) is 15.4. The number of carbonyl (C=O) groups is 1. The molecule has 1 atom stereocenters. The van der Waals surface area contributed by atoms with Crippen molar-refractivity contribution in [2.75, 3.05) is 23.9 Å². The molecule has 4 nitrogen and oxygen atoms in total. The third-order valence-corrected chi connectivity index (χ3v) is 4.00. The summed E-state index contributed by atoms with van der Waals surface area (Å²) in [7, 11) is 0. The maximum Gasteiger partial charge on any atom is 0.319 e. The number of amides is 2. The Balaban J connectivity index is 2.52. The maximum atomic E-state index is 11.8. The summed E-state index contributed by atoms with van der Waals surface area (Å²) < 4.78 is 0. The van der Waals surface area contributed by atoms with E-state index in [0.29, 0.717) is 5.75 Å². The average Bonchev–Trinajstić information content (AvgIpc) is 2.36. The predicted molar refractivity (Wildman–Crippen MR) is 91.2 cm³/mol. The molecular weight excluding hydrogens is 284 g/mol. The van der Waals surface area contributed by atoms with Crippen LogP contribution in [0.3, 0.4) is 0 Å². The van der Waals surface area contributed by atoms with Gasteiger partial charge in [0.1, 0.15) is 0 Å².